The maximum absolute atomic E-state index is 9.16. The highest BCUT2D eigenvalue weighted by atomic mass is 16.5. The van der Waals surface area contributed by atoms with Crippen LogP contribution in [-0.4, -0.2) is 31.5 Å². The predicted molar refractivity (Wildman–Crippen MR) is 47.8 cm³/mol. The van der Waals surface area contributed by atoms with Crippen LogP contribution in [0, 0.1) is 10.8 Å². The molecule has 0 heterocycles. The van der Waals surface area contributed by atoms with E-state index in [0.717, 1.165) is 19.6 Å². The van der Waals surface area contributed by atoms with Crippen molar-refractivity contribution >= 4 is 0 Å². The summed E-state index contributed by atoms with van der Waals surface area (Å²) in [7, 11) is 0. The van der Waals surface area contributed by atoms with Crippen LogP contribution in [0.1, 0.15) is 20.3 Å². The van der Waals surface area contributed by atoms with Crippen LogP contribution in [0.5, 0.6) is 0 Å². The molecule has 1 fully saturated rings. The van der Waals surface area contributed by atoms with Gasteiger partial charge in [0.1, 0.15) is 0 Å². The van der Waals surface area contributed by atoms with Gasteiger partial charge in [0, 0.05) is 24.0 Å². The summed E-state index contributed by atoms with van der Waals surface area (Å²) in [4.78, 5) is 0. The quantitative estimate of drug-likeness (QED) is 0.631. The number of hydrogen-bond acceptors (Lipinski definition) is 3. The van der Waals surface area contributed by atoms with E-state index in [2.05, 4.69) is 6.92 Å². The molecular weight excluding hydrogens is 154 g/mol. The van der Waals surface area contributed by atoms with E-state index in [1.54, 1.807) is 0 Å². The lowest BCUT2D eigenvalue weighted by atomic mass is 9.96. The summed E-state index contributed by atoms with van der Waals surface area (Å²) in [5.41, 5.74) is 5.68. The monoisotopic (exact) mass is 173 g/mol. The number of aliphatic hydroxyl groups is 1. The Kier molecular flexibility index (Phi) is 2.76. The number of nitrogens with two attached hydrogens (primary N) is 1. The van der Waals surface area contributed by atoms with Crippen LogP contribution >= 0.6 is 0 Å². The maximum atomic E-state index is 9.16. The van der Waals surface area contributed by atoms with Gasteiger partial charge in [-0.2, -0.15) is 0 Å². The van der Waals surface area contributed by atoms with Crippen molar-refractivity contribution in [3.63, 3.8) is 0 Å². The molecule has 0 radical (unpaired) electrons. The van der Waals surface area contributed by atoms with Crippen molar-refractivity contribution in [1.82, 2.24) is 0 Å². The molecule has 2 unspecified atom stereocenters. The normalized spacial score (nSPS) is 40.0. The van der Waals surface area contributed by atoms with Crippen LogP contribution in [0.3, 0.4) is 0 Å². The molecule has 0 aromatic heterocycles. The summed E-state index contributed by atoms with van der Waals surface area (Å²) in [6.07, 6.45) is 0.993. The second-order valence-corrected chi connectivity index (χ2v) is 4.02. The van der Waals surface area contributed by atoms with Crippen LogP contribution in [0.25, 0.3) is 0 Å². The van der Waals surface area contributed by atoms with Crippen molar-refractivity contribution < 1.29 is 9.84 Å². The zero-order chi connectivity index (χ0) is 9.24. The van der Waals surface area contributed by atoms with Crippen LogP contribution in [0.2, 0.25) is 0 Å². The standard InChI is InChI=1S/C9H19NO2/c1-3-12-7-8(2)4-9(8,5-10)6-11/h11H,3-7,10H2,1-2H3. The van der Waals surface area contributed by atoms with Crippen molar-refractivity contribution in [2.75, 3.05) is 26.4 Å². The van der Waals surface area contributed by atoms with Crippen molar-refractivity contribution in [3.05, 3.63) is 0 Å². The van der Waals surface area contributed by atoms with Gasteiger partial charge in [0.05, 0.1) is 13.2 Å². The van der Waals surface area contributed by atoms with Gasteiger partial charge < -0.3 is 15.6 Å². The van der Waals surface area contributed by atoms with E-state index < -0.39 is 0 Å². The second-order valence-electron chi connectivity index (χ2n) is 4.02. The van der Waals surface area contributed by atoms with Gasteiger partial charge in [0.25, 0.3) is 0 Å². The fourth-order valence-corrected chi connectivity index (χ4v) is 1.86. The Bertz CT molecular complexity index is 157. The molecule has 12 heavy (non-hydrogen) atoms. The van der Waals surface area contributed by atoms with Gasteiger partial charge in [-0.3, -0.25) is 0 Å². The van der Waals surface area contributed by atoms with Crippen molar-refractivity contribution in [2.45, 2.75) is 20.3 Å². The van der Waals surface area contributed by atoms with Crippen LogP contribution in [0.4, 0.5) is 0 Å². The largest absolute Gasteiger partial charge is 0.396 e. The van der Waals surface area contributed by atoms with Crippen LogP contribution in [0.15, 0.2) is 0 Å². The summed E-state index contributed by atoms with van der Waals surface area (Å²) < 4.78 is 5.35. The first kappa shape index (κ1) is 9.96. The minimum Gasteiger partial charge on any atom is -0.396 e. The number of ether oxygens (including phenoxy) is 1. The summed E-state index contributed by atoms with van der Waals surface area (Å²) >= 11 is 0. The van der Waals surface area contributed by atoms with Crippen LogP contribution < -0.4 is 5.73 Å². The van der Waals surface area contributed by atoms with Gasteiger partial charge in [-0.15, -0.1) is 0 Å². The van der Waals surface area contributed by atoms with E-state index in [-0.39, 0.29) is 17.4 Å². The second kappa shape index (κ2) is 3.32. The van der Waals surface area contributed by atoms with Crippen molar-refractivity contribution in [2.24, 2.45) is 16.6 Å². The fourth-order valence-electron chi connectivity index (χ4n) is 1.86. The van der Waals surface area contributed by atoms with E-state index >= 15 is 0 Å². The number of hydrogen-bond donors (Lipinski definition) is 2. The highest BCUT2D eigenvalue weighted by Gasteiger charge is 2.62. The SMILES string of the molecule is CCOCC1(C)CC1(CN)CO. The van der Waals surface area contributed by atoms with Gasteiger partial charge in [-0.1, -0.05) is 6.92 Å². The van der Waals surface area contributed by atoms with E-state index in [9.17, 15) is 0 Å². The Balaban J connectivity index is 2.44. The summed E-state index contributed by atoms with van der Waals surface area (Å²) in [5, 5.41) is 9.16. The van der Waals surface area contributed by atoms with Crippen molar-refractivity contribution in [1.29, 1.82) is 0 Å². The first-order chi connectivity index (χ1) is 5.64. The molecule has 0 amide bonds. The van der Waals surface area contributed by atoms with E-state index in [0.29, 0.717) is 6.54 Å². The molecule has 0 aromatic rings. The maximum Gasteiger partial charge on any atom is 0.0526 e. The molecule has 1 saturated carbocycles. The highest BCUT2D eigenvalue weighted by Crippen LogP contribution is 2.62. The molecule has 3 heteroatoms. The minimum absolute atomic E-state index is 0.0534. The fraction of sp³-hybridized carbons (Fsp3) is 1.00. The molecule has 3 N–H and O–H groups in total. The minimum atomic E-state index is -0.0534. The Morgan fingerprint density at radius 3 is 2.58 bits per heavy atom. The lowest BCUT2D eigenvalue weighted by Gasteiger charge is -2.18. The van der Waals surface area contributed by atoms with Crippen LogP contribution in [-0.2, 0) is 4.74 Å². The topological polar surface area (TPSA) is 55.5 Å². The third kappa shape index (κ3) is 1.37. The first-order valence-corrected chi connectivity index (χ1v) is 4.53. The third-order valence-corrected chi connectivity index (χ3v) is 3.20. The molecule has 0 bridgehead atoms. The van der Waals surface area contributed by atoms with Gasteiger partial charge in [0.15, 0.2) is 0 Å². The lowest BCUT2D eigenvalue weighted by Crippen LogP contribution is -2.28. The Morgan fingerprint density at radius 2 is 2.25 bits per heavy atom. The smallest absolute Gasteiger partial charge is 0.0526 e. The Labute approximate surface area is 73.9 Å². The number of aliphatic hydroxyl groups excluding tert-OH is 1. The summed E-state index contributed by atoms with van der Waals surface area (Å²) in [6, 6.07) is 0. The zero-order valence-electron chi connectivity index (χ0n) is 7.97. The predicted octanol–water partition coefficient (Wildman–Crippen LogP) is 0.370. The molecule has 2 atom stereocenters. The Hall–Kier alpha value is -0.120. The molecule has 3 nitrogen and oxygen atoms in total. The van der Waals surface area contributed by atoms with Crippen molar-refractivity contribution in [3.8, 4) is 0 Å². The molecule has 0 aliphatic heterocycles. The first-order valence-electron chi connectivity index (χ1n) is 4.53. The Morgan fingerprint density at radius 1 is 1.58 bits per heavy atom. The lowest BCUT2D eigenvalue weighted by molar-refractivity contribution is 0.0741. The van der Waals surface area contributed by atoms with E-state index in [1.165, 1.54) is 0 Å². The zero-order valence-corrected chi connectivity index (χ0v) is 7.97. The molecule has 0 saturated heterocycles. The highest BCUT2D eigenvalue weighted by molar-refractivity contribution is 5.12. The van der Waals surface area contributed by atoms with Gasteiger partial charge in [-0.25, -0.2) is 0 Å². The summed E-state index contributed by atoms with van der Waals surface area (Å²) in [5.74, 6) is 0. The third-order valence-electron chi connectivity index (χ3n) is 3.20. The average molecular weight is 173 g/mol. The molecule has 72 valence electrons. The van der Waals surface area contributed by atoms with Gasteiger partial charge in [-0.05, 0) is 13.3 Å². The molecule has 1 rings (SSSR count). The van der Waals surface area contributed by atoms with Gasteiger partial charge in [0.2, 0.25) is 0 Å². The molecule has 0 aromatic carbocycles. The average Bonchev–Trinajstić information content (AvgIpc) is 2.70. The molecule has 0 spiro atoms. The molecule has 1 aliphatic rings. The summed E-state index contributed by atoms with van der Waals surface area (Å²) in [6.45, 7) is 6.32. The number of rotatable bonds is 5. The molecule has 1 aliphatic carbocycles. The van der Waals surface area contributed by atoms with E-state index in [1.807, 2.05) is 6.92 Å². The van der Waals surface area contributed by atoms with E-state index in [4.69, 9.17) is 15.6 Å². The molecular formula is C9H19NO2. The van der Waals surface area contributed by atoms with Gasteiger partial charge >= 0.3 is 0 Å².